The number of nitrogens with zero attached hydrogens (tertiary/aromatic N) is 1. The standard InChI is InChI=1S/C25H33N3O2/c1-18(27-24(30)20-10-12-21(13-11-20)25(2,3)4)23(29)26-16-19-14-15-28(17-19)22-8-6-5-7-9-22/h5-13,18-19H,14-17H2,1-4H3,(H,26,29)(H,27,30). The highest BCUT2D eigenvalue weighted by Crippen LogP contribution is 2.23. The molecule has 1 aliphatic heterocycles. The van der Waals surface area contributed by atoms with E-state index < -0.39 is 6.04 Å². The number of nitrogens with one attached hydrogen (secondary N) is 2. The molecule has 0 saturated carbocycles. The Bertz CT molecular complexity index is 856. The Hall–Kier alpha value is -2.82. The van der Waals surface area contributed by atoms with Gasteiger partial charge in [0.1, 0.15) is 6.04 Å². The van der Waals surface area contributed by atoms with Gasteiger partial charge in [0, 0.05) is 30.9 Å². The minimum atomic E-state index is -0.577. The molecular weight excluding hydrogens is 374 g/mol. The van der Waals surface area contributed by atoms with Gasteiger partial charge in [-0.1, -0.05) is 51.1 Å². The summed E-state index contributed by atoms with van der Waals surface area (Å²) in [4.78, 5) is 27.3. The Balaban J connectivity index is 1.45. The maximum atomic E-state index is 12.5. The zero-order valence-electron chi connectivity index (χ0n) is 18.4. The Morgan fingerprint density at radius 1 is 1.07 bits per heavy atom. The minimum absolute atomic E-state index is 0.0402. The van der Waals surface area contributed by atoms with Crippen LogP contribution in [0.15, 0.2) is 54.6 Å². The molecule has 2 unspecified atom stereocenters. The van der Waals surface area contributed by atoms with Crippen molar-refractivity contribution in [3.8, 4) is 0 Å². The number of rotatable bonds is 6. The second kappa shape index (κ2) is 9.33. The quantitative estimate of drug-likeness (QED) is 0.767. The zero-order chi connectivity index (χ0) is 21.7. The van der Waals surface area contributed by atoms with Crippen LogP contribution in [-0.2, 0) is 10.2 Å². The lowest BCUT2D eigenvalue weighted by molar-refractivity contribution is -0.122. The van der Waals surface area contributed by atoms with Crippen LogP contribution >= 0.6 is 0 Å². The highest BCUT2D eigenvalue weighted by atomic mass is 16.2. The van der Waals surface area contributed by atoms with E-state index >= 15 is 0 Å². The molecule has 2 aromatic rings. The fourth-order valence-corrected chi connectivity index (χ4v) is 3.74. The summed E-state index contributed by atoms with van der Waals surface area (Å²) in [5.74, 6) is 0.0454. The summed E-state index contributed by atoms with van der Waals surface area (Å²) in [5.41, 5.74) is 3.01. The molecule has 2 aromatic carbocycles. The SMILES string of the molecule is CC(NC(=O)c1ccc(C(C)(C)C)cc1)C(=O)NCC1CCN(c2ccccc2)C1. The second-order valence-corrected chi connectivity index (χ2v) is 9.20. The van der Waals surface area contributed by atoms with Gasteiger partial charge < -0.3 is 15.5 Å². The number of hydrogen-bond acceptors (Lipinski definition) is 3. The third-order valence-electron chi connectivity index (χ3n) is 5.73. The Morgan fingerprint density at radius 2 is 1.73 bits per heavy atom. The lowest BCUT2D eigenvalue weighted by Gasteiger charge is -2.20. The van der Waals surface area contributed by atoms with Crippen LogP contribution in [0.2, 0.25) is 0 Å². The molecule has 0 bridgehead atoms. The van der Waals surface area contributed by atoms with Gasteiger partial charge in [-0.2, -0.15) is 0 Å². The highest BCUT2D eigenvalue weighted by Gasteiger charge is 2.24. The largest absolute Gasteiger partial charge is 0.371 e. The van der Waals surface area contributed by atoms with Crippen LogP contribution in [0.25, 0.3) is 0 Å². The fourth-order valence-electron chi connectivity index (χ4n) is 3.74. The molecular formula is C25H33N3O2. The monoisotopic (exact) mass is 407 g/mol. The van der Waals surface area contributed by atoms with E-state index in [9.17, 15) is 9.59 Å². The zero-order valence-corrected chi connectivity index (χ0v) is 18.4. The van der Waals surface area contributed by atoms with E-state index in [1.165, 1.54) is 11.3 Å². The first-order chi connectivity index (χ1) is 14.2. The third-order valence-corrected chi connectivity index (χ3v) is 5.73. The molecule has 3 rings (SSSR count). The fraction of sp³-hybridized carbons (Fsp3) is 0.440. The molecule has 30 heavy (non-hydrogen) atoms. The number of para-hydroxylation sites is 1. The normalized spacial score (nSPS) is 17.5. The van der Waals surface area contributed by atoms with Crippen LogP contribution in [0.4, 0.5) is 5.69 Å². The van der Waals surface area contributed by atoms with Crippen LogP contribution < -0.4 is 15.5 Å². The maximum absolute atomic E-state index is 12.5. The van der Waals surface area contributed by atoms with Crippen molar-refractivity contribution in [3.05, 3.63) is 65.7 Å². The summed E-state index contributed by atoms with van der Waals surface area (Å²) in [7, 11) is 0. The van der Waals surface area contributed by atoms with E-state index in [4.69, 9.17) is 0 Å². The molecule has 5 heteroatoms. The summed E-state index contributed by atoms with van der Waals surface area (Å²) < 4.78 is 0. The van der Waals surface area contributed by atoms with E-state index in [1.54, 1.807) is 6.92 Å². The number of amides is 2. The molecule has 5 nitrogen and oxygen atoms in total. The van der Waals surface area contributed by atoms with Gasteiger partial charge >= 0.3 is 0 Å². The number of carbonyl (C=O) groups excluding carboxylic acids is 2. The summed E-state index contributed by atoms with van der Waals surface area (Å²) in [5, 5.41) is 5.80. The smallest absolute Gasteiger partial charge is 0.251 e. The van der Waals surface area contributed by atoms with Gasteiger partial charge in [0.2, 0.25) is 5.91 Å². The topological polar surface area (TPSA) is 61.4 Å². The van der Waals surface area contributed by atoms with Crippen LogP contribution in [0.1, 0.15) is 50.0 Å². The van der Waals surface area contributed by atoms with E-state index in [0.29, 0.717) is 18.0 Å². The molecule has 0 aromatic heterocycles. The lowest BCUT2D eigenvalue weighted by atomic mass is 9.86. The van der Waals surface area contributed by atoms with Crippen LogP contribution in [0, 0.1) is 5.92 Å². The van der Waals surface area contributed by atoms with Crippen molar-refractivity contribution in [2.45, 2.75) is 45.6 Å². The predicted octanol–water partition coefficient (Wildman–Crippen LogP) is 3.75. The van der Waals surface area contributed by atoms with Gasteiger partial charge in [0.15, 0.2) is 0 Å². The Labute approximate surface area is 179 Å². The minimum Gasteiger partial charge on any atom is -0.371 e. The van der Waals surface area contributed by atoms with Gasteiger partial charge in [0.25, 0.3) is 5.91 Å². The van der Waals surface area contributed by atoms with E-state index in [-0.39, 0.29) is 17.2 Å². The molecule has 160 valence electrons. The molecule has 1 aliphatic rings. The molecule has 2 atom stereocenters. The van der Waals surface area contributed by atoms with Crippen molar-refractivity contribution >= 4 is 17.5 Å². The Kier molecular flexibility index (Phi) is 6.80. The number of anilines is 1. The predicted molar refractivity (Wildman–Crippen MR) is 122 cm³/mol. The van der Waals surface area contributed by atoms with Gasteiger partial charge in [-0.05, 0) is 54.5 Å². The van der Waals surface area contributed by atoms with E-state index in [2.05, 4.69) is 48.4 Å². The average molecular weight is 408 g/mol. The third kappa shape index (κ3) is 5.62. The molecule has 1 fully saturated rings. The number of benzene rings is 2. The van der Waals surface area contributed by atoms with Crippen LogP contribution in [-0.4, -0.2) is 37.5 Å². The van der Waals surface area contributed by atoms with Gasteiger partial charge in [-0.25, -0.2) is 0 Å². The van der Waals surface area contributed by atoms with Crippen molar-refractivity contribution < 1.29 is 9.59 Å². The van der Waals surface area contributed by atoms with Crippen molar-refractivity contribution in [2.24, 2.45) is 5.92 Å². The Morgan fingerprint density at radius 3 is 2.37 bits per heavy atom. The molecule has 2 amide bonds. The van der Waals surface area contributed by atoms with Crippen LogP contribution in [0.3, 0.4) is 0 Å². The number of hydrogen-bond donors (Lipinski definition) is 2. The van der Waals surface area contributed by atoms with Gasteiger partial charge in [-0.3, -0.25) is 9.59 Å². The van der Waals surface area contributed by atoms with Gasteiger partial charge in [0.05, 0.1) is 0 Å². The second-order valence-electron chi connectivity index (χ2n) is 9.20. The van der Waals surface area contributed by atoms with E-state index in [1.807, 2.05) is 42.5 Å². The summed E-state index contributed by atoms with van der Waals surface area (Å²) in [6, 6.07) is 17.3. The molecule has 1 saturated heterocycles. The van der Waals surface area contributed by atoms with Gasteiger partial charge in [-0.15, -0.1) is 0 Å². The summed E-state index contributed by atoms with van der Waals surface area (Å²) in [6.07, 6.45) is 1.05. The highest BCUT2D eigenvalue weighted by molar-refractivity contribution is 5.97. The van der Waals surface area contributed by atoms with E-state index in [0.717, 1.165) is 19.5 Å². The van der Waals surface area contributed by atoms with Crippen molar-refractivity contribution in [2.75, 3.05) is 24.5 Å². The first kappa shape index (κ1) is 21.9. The number of carbonyl (C=O) groups is 2. The van der Waals surface area contributed by atoms with Crippen molar-refractivity contribution in [3.63, 3.8) is 0 Å². The molecule has 2 N–H and O–H groups in total. The van der Waals surface area contributed by atoms with Crippen LogP contribution in [0.5, 0.6) is 0 Å². The maximum Gasteiger partial charge on any atom is 0.251 e. The molecule has 0 spiro atoms. The molecule has 0 radical (unpaired) electrons. The molecule has 1 heterocycles. The average Bonchev–Trinajstić information content (AvgIpc) is 3.21. The summed E-state index contributed by atoms with van der Waals surface area (Å²) in [6.45, 7) is 10.7. The van der Waals surface area contributed by atoms with Crippen molar-refractivity contribution in [1.82, 2.24) is 10.6 Å². The summed E-state index contributed by atoms with van der Waals surface area (Å²) >= 11 is 0. The lowest BCUT2D eigenvalue weighted by Crippen LogP contribution is -2.46. The first-order valence-electron chi connectivity index (χ1n) is 10.7. The van der Waals surface area contributed by atoms with Crippen molar-refractivity contribution in [1.29, 1.82) is 0 Å². The first-order valence-corrected chi connectivity index (χ1v) is 10.7. The molecule has 0 aliphatic carbocycles.